The van der Waals surface area contributed by atoms with Crippen LogP contribution in [0.4, 0.5) is 0 Å². The number of fused-ring (bicyclic) bond motifs is 1. The van der Waals surface area contributed by atoms with Gasteiger partial charge in [0, 0.05) is 26.1 Å². The molecule has 1 fully saturated rings. The van der Waals surface area contributed by atoms with E-state index in [2.05, 4.69) is 11.9 Å². The average Bonchev–Trinajstić information content (AvgIpc) is 2.55. The zero-order valence-corrected chi connectivity index (χ0v) is 12.9. The standard InChI is InChI=1S/C17H21N3O2/c1-13-6-9-19(10-7-13)16(21)8-11-20-12-18-15-5-3-2-4-14(15)17(20)22/h2-5,12-13H,6-11H2,1H3. The van der Waals surface area contributed by atoms with Gasteiger partial charge in [-0.3, -0.25) is 14.2 Å². The summed E-state index contributed by atoms with van der Waals surface area (Å²) < 4.78 is 1.53. The van der Waals surface area contributed by atoms with Gasteiger partial charge in [0.2, 0.25) is 5.91 Å². The first kappa shape index (κ1) is 14.8. The Morgan fingerprint density at radius 2 is 2.00 bits per heavy atom. The lowest BCUT2D eigenvalue weighted by atomic mass is 9.99. The number of hydrogen-bond acceptors (Lipinski definition) is 3. The van der Waals surface area contributed by atoms with Crippen LogP contribution in [0, 0.1) is 5.92 Å². The van der Waals surface area contributed by atoms with Crippen molar-refractivity contribution >= 4 is 16.8 Å². The summed E-state index contributed by atoms with van der Waals surface area (Å²) in [5.41, 5.74) is 0.616. The van der Waals surface area contributed by atoms with Gasteiger partial charge in [-0.1, -0.05) is 19.1 Å². The smallest absolute Gasteiger partial charge is 0.261 e. The third-order valence-corrected chi connectivity index (χ3v) is 4.43. The Kier molecular flexibility index (Phi) is 4.22. The van der Waals surface area contributed by atoms with Gasteiger partial charge in [0.25, 0.3) is 5.56 Å². The van der Waals surface area contributed by atoms with Gasteiger partial charge in [0.05, 0.1) is 17.2 Å². The summed E-state index contributed by atoms with van der Waals surface area (Å²) in [6.45, 7) is 4.29. The van der Waals surface area contributed by atoms with Crippen LogP contribution in [0.15, 0.2) is 35.4 Å². The summed E-state index contributed by atoms with van der Waals surface area (Å²) >= 11 is 0. The second kappa shape index (κ2) is 6.30. The highest BCUT2D eigenvalue weighted by molar-refractivity contribution is 5.77. The minimum Gasteiger partial charge on any atom is -0.343 e. The molecule has 0 aliphatic carbocycles. The molecule has 1 aliphatic heterocycles. The van der Waals surface area contributed by atoms with E-state index in [0.717, 1.165) is 25.9 Å². The minimum atomic E-state index is -0.0781. The fourth-order valence-electron chi connectivity index (χ4n) is 2.90. The van der Waals surface area contributed by atoms with Crippen molar-refractivity contribution in [2.75, 3.05) is 13.1 Å². The molecule has 116 valence electrons. The molecule has 0 saturated carbocycles. The molecule has 2 aromatic rings. The summed E-state index contributed by atoms with van der Waals surface area (Å²) in [4.78, 5) is 30.8. The number of carbonyl (C=O) groups is 1. The van der Waals surface area contributed by atoms with Gasteiger partial charge in [0.15, 0.2) is 0 Å². The molecule has 0 bridgehead atoms. The Bertz CT molecular complexity index is 730. The lowest BCUT2D eigenvalue weighted by molar-refractivity contribution is -0.132. The van der Waals surface area contributed by atoms with Gasteiger partial charge < -0.3 is 4.90 Å². The summed E-state index contributed by atoms with van der Waals surface area (Å²) in [5.74, 6) is 0.836. The van der Waals surface area contributed by atoms with Crippen LogP contribution >= 0.6 is 0 Å². The van der Waals surface area contributed by atoms with Crippen molar-refractivity contribution in [2.45, 2.75) is 32.7 Å². The Balaban J connectivity index is 1.68. The van der Waals surface area contributed by atoms with Crippen molar-refractivity contribution in [1.29, 1.82) is 0 Å². The molecule has 0 spiro atoms. The van der Waals surface area contributed by atoms with E-state index in [9.17, 15) is 9.59 Å². The molecule has 0 atom stereocenters. The van der Waals surface area contributed by atoms with Crippen molar-refractivity contribution in [3.63, 3.8) is 0 Å². The lowest BCUT2D eigenvalue weighted by Crippen LogP contribution is -2.38. The Labute approximate surface area is 129 Å². The van der Waals surface area contributed by atoms with Crippen molar-refractivity contribution < 1.29 is 4.79 Å². The number of aromatic nitrogens is 2. The van der Waals surface area contributed by atoms with Crippen LogP contribution in [0.3, 0.4) is 0 Å². The predicted octanol–water partition coefficient (Wildman–Crippen LogP) is 2.05. The summed E-state index contributed by atoms with van der Waals surface area (Å²) in [7, 11) is 0. The van der Waals surface area contributed by atoms with E-state index in [1.165, 1.54) is 10.9 Å². The van der Waals surface area contributed by atoms with Gasteiger partial charge in [-0.2, -0.15) is 0 Å². The second-order valence-electron chi connectivity index (χ2n) is 6.07. The minimum absolute atomic E-state index is 0.0781. The molecule has 5 nitrogen and oxygen atoms in total. The summed E-state index contributed by atoms with van der Waals surface area (Å²) in [6, 6.07) is 7.28. The third-order valence-electron chi connectivity index (χ3n) is 4.43. The second-order valence-corrected chi connectivity index (χ2v) is 6.07. The highest BCUT2D eigenvalue weighted by atomic mass is 16.2. The van der Waals surface area contributed by atoms with Crippen LogP contribution in [-0.4, -0.2) is 33.4 Å². The van der Waals surface area contributed by atoms with Gasteiger partial charge in [-0.25, -0.2) is 4.98 Å². The molecule has 2 heterocycles. The lowest BCUT2D eigenvalue weighted by Gasteiger charge is -2.30. The number of rotatable bonds is 3. The van der Waals surface area contributed by atoms with E-state index in [0.29, 0.717) is 29.8 Å². The number of benzene rings is 1. The number of nitrogens with zero attached hydrogens (tertiary/aromatic N) is 3. The normalized spacial score (nSPS) is 16.1. The highest BCUT2D eigenvalue weighted by Crippen LogP contribution is 2.16. The fraction of sp³-hybridized carbons (Fsp3) is 0.471. The Morgan fingerprint density at radius 3 is 2.77 bits per heavy atom. The topological polar surface area (TPSA) is 55.2 Å². The van der Waals surface area contributed by atoms with E-state index in [-0.39, 0.29) is 11.5 Å². The fourth-order valence-corrected chi connectivity index (χ4v) is 2.90. The average molecular weight is 299 g/mol. The number of aryl methyl sites for hydroxylation is 1. The number of amides is 1. The molecule has 0 unspecified atom stereocenters. The Morgan fingerprint density at radius 1 is 1.27 bits per heavy atom. The number of likely N-dealkylation sites (tertiary alicyclic amines) is 1. The molecule has 0 radical (unpaired) electrons. The van der Waals surface area contributed by atoms with Crippen molar-refractivity contribution in [1.82, 2.24) is 14.5 Å². The van der Waals surface area contributed by atoms with Crippen LogP contribution in [0.25, 0.3) is 10.9 Å². The number of carbonyl (C=O) groups excluding carboxylic acids is 1. The molecule has 0 N–H and O–H groups in total. The van der Waals surface area contributed by atoms with Crippen LogP contribution in [0.5, 0.6) is 0 Å². The molecule has 1 saturated heterocycles. The number of piperidine rings is 1. The van der Waals surface area contributed by atoms with Gasteiger partial charge in [-0.05, 0) is 30.9 Å². The first-order valence-electron chi connectivity index (χ1n) is 7.87. The molecule has 5 heteroatoms. The maximum absolute atomic E-state index is 12.4. The van der Waals surface area contributed by atoms with Crippen molar-refractivity contribution in [3.8, 4) is 0 Å². The molecular formula is C17H21N3O2. The van der Waals surface area contributed by atoms with Gasteiger partial charge >= 0.3 is 0 Å². The first-order chi connectivity index (χ1) is 10.6. The van der Waals surface area contributed by atoms with Crippen LogP contribution in [0.2, 0.25) is 0 Å². The van der Waals surface area contributed by atoms with Crippen LogP contribution in [-0.2, 0) is 11.3 Å². The molecule has 1 aromatic heterocycles. The predicted molar refractivity (Wildman–Crippen MR) is 85.6 cm³/mol. The third kappa shape index (κ3) is 3.03. The van der Waals surface area contributed by atoms with E-state index in [1.54, 1.807) is 6.07 Å². The van der Waals surface area contributed by atoms with Gasteiger partial charge in [0.1, 0.15) is 0 Å². The first-order valence-corrected chi connectivity index (χ1v) is 7.87. The molecule has 3 rings (SSSR count). The monoisotopic (exact) mass is 299 g/mol. The number of hydrogen-bond donors (Lipinski definition) is 0. The Hall–Kier alpha value is -2.17. The van der Waals surface area contributed by atoms with Gasteiger partial charge in [-0.15, -0.1) is 0 Å². The molecule has 1 aliphatic rings. The highest BCUT2D eigenvalue weighted by Gasteiger charge is 2.20. The molecule has 1 aromatic carbocycles. The van der Waals surface area contributed by atoms with E-state index in [4.69, 9.17) is 0 Å². The summed E-state index contributed by atoms with van der Waals surface area (Å²) in [5, 5.41) is 0.601. The number of para-hydroxylation sites is 1. The summed E-state index contributed by atoms with van der Waals surface area (Å²) in [6.07, 6.45) is 4.04. The van der Waals surface area contributed by atoms with Crippen molar-refractivity contribution in [3.05, 3.63) is 40.9 Å². The van der Waals surface area contributed by atoms with E-state index in [1.807, 2.05) is 23.1 Å². The van der Waals surface area contributed by atoms with Crippen molar-refractivity contribution in [2.24, 2.45) is 5.92 Å². The van der Waals surface area contributed by atoms with Crippen LogP contribution in [0.1, 0.15) is 26.2 Å². The zero-order chi connectivity index (χ0) is 15.5. The zero-order valence-electron chi connectivity index (χ0n) is 12.9. The largest absolute Gasteiger partial charge is 0.343 e. The maximum Gasteiger partial charge on any atom is 0.261 e. The molecular weight excluding hydrogens is 278 g/mol. The molecule has 22 heavy (non-hydrogen) atoms. The molecule has 1 amide bonds. The SMILES string of the molecule is CC1CCN(C(=O)CCn2cnc3ccccc3c2=O)CC1. The quantitative estimate of drug-likeness (QED) is 0.871. The maximum atomic E-state index is 12.4. The van der Waals surface area contributed by atoms with Crippen LogP contribution < -0.4 is 5.56 Å². The van der Waals surface area contributed by atoms with E-state index >= 15 is 0 Å². The van der Waals surface area contributed by atoms with E-state index < -0.39 is 0 Å².